The van der Waals surface area contributed by atoms with Gasteiger partial charge in [0, 0.05) is 13.0 Å². The first kappa shape index (κ1) is 27.0. The van der Waals surface area contributed by atoms with E-state index >= 15 is 0 Å². The number of nitrogens with zero attached hydrogens (tertiary/aromatic N) is 1. The number of carboxylic acids is 1. The van der Waals surface area contributed by atoms with Crippen LogP contribution in [-0.2, 0) is 4.79 Å². The summed E-state index contributed by atoms with van der Waals surface area (Å²) in [7, 11) is 0. The fraction of sp³-hybridized carbons (Fsp3) is 0.548. The fourth-order valence-corrected chi connectivity index (χ4v) is 5.72. The maximum absolute atomic E-state index is 12.9. The van der Waals surface area contributed by atoms with Crippen molar-refractivity contribution in [1.29, 1.82) is 0 Å². The molecule has 1 aliphatic heterocycles. The molecule has 4 rings (SSSR count). The van der Waals surface area contributed by atoms with Gasteiger partial charge in [-0.05, 0) is 86.1 Å². The lowest BCUT2D eigenvalue weighted by Gasteiger charge is -2.33. The van der Waals surface area contributed by atoms with Gasteiger partial charge < -0.3 is 15.2 Å². The smallest absolute Gasteiger partial charge is 0.322 e. The number of carbonyl (C=O) groups is 2. The van der Waals surface area contributed by atoms with Crippen molar-refractivity contribution in [3.05, 3.63) is 48.0 Å². The molecule has 1 atom stereocenters. The van der Waals surface area contributed by atoms with E-state index in [0.29, 0.717) is 24.9 Å². The average Bonchev–Trinajstić information content (AvgIpc) is 2.91. The van der Waals surface area contributed by atoms with E-state index in [1.807, 2.05) is 17.9 Å². The van der Waals surface area contributed by atoms with Gasteiger partial charge in [0.25, 0.3) is 0 Å². The van der Waals surface area contributed by atoms with Gasteiger partial charge in [-0.2, -0.15) is 0 Å². The summed E-state index contributed by atoms with van der Waals surface area (Å²) in [6, 6.07) is 14.9. The third kappa shape index (κ3) is 7.27. The normalized spacial score (nSPS) is 21.1. The molecule has 37 heavy (non-hydrogen) atoms. The van der Waals surface area contributed by atoms with E-state index < -0.39 is 5.97 Å². The lowest BCUT2D eigenvalue weighted by atomic mass is 9.77. The van der Waals surface area contributed by atoms with Crippen LogP contribution < -0.4 is 15.0 Å². The van der Waals surface area contributed by atoms with Crippen molar-refractivity contribution in [3.63, 3.8) is 0 Å². The highest BCUT2D eigenvalue weighted by molar-refractivity contribution is 5.94. The number of rotatable bonds is 10. The summed E-state index contributed by atoms with van der Waals surface area (Å²) in [6.45, 7) is 5.43. The van der Waals surface area contributed by atoms with Gasteiger partial charge in [0.1, 0.15) is 11.9 Å². The number of hydrogen-bond donors (Lipinski definition) is 2. The summed E-state index contributed by atoms with van der Waals surface area (Å²) in [5.41, 5.74) is 4.40. The van der Waals surface area contributed by atoms with Crippen LogP contribution in [0.1, 0.15) is 89.5 Å². The Kier molecular flexibility index (Phi) is 9.48. The number of carbonyl (C=O) groups excluding carboxylic acids is 1. The van der Waals surface area contributed by atoms with E-state index in [-0.39, 0.29) is 18.6 Å². The molecule has 200 valence electrons. The first-order valence-corrected chi connectivity index (χ1v) is 14.1. The number of ether oxygens (including phenoxy) is 1. The second kappa shape index (κ2) is 13.0. The number of benzene rings is 2. The molecule has 1 unspecified atom stereocenters. The Hall–Kier alpha value is -3.02. The molecule has 0 aromatic heterocycles. The standard InChI is InChI=1S/C31H42N2O4/c1-3-4-5-6-19-32-31(36)33-21-22(2)37-29-20-27(16-17-28(29)33)26-14-12-25(13-15-26)24-10-7-23(8-11-24)9-18-30(34)35/h12-17,20,22-24H,3-11,18-19,21H2,1-2H3,(H,32,36)(H,34,35). The quantitative estimate of drug-likeness (QED) is 0.330. The second-order valence-electron chi connectivity index (χ2n) is 10.8. The van der Waals surface area contributed by atoms with Gasteiger partial charge in [-0.1, -0.05) is 56.5 Å². The molecule has 0 saturated heterocycles. The molecule has 2 aromatic rings. The zero-order valence-corrected chi connectivity index (χ0v) is 22.4. The van der Waals surface area contributed by atoms with Crippen molar-refractivity contribution >= 4 is 17.7 Å². The number of hydrogen-bond acceptors (Lipinski definition) is 3. The predicted octanol–water partition coefficient (Wildman–Crippen LogP) is 7.37. The fourth-order valence-electron chi connectivity index (χ4n) is 5.72. The third-order valence-corrected chi connectivity index (χ3v) is 7.90. The number of aliphatic carboxylic acids is 1. The van der Waals surface area contributed by atoms with Gasteiger partial charge in [0.15, 0.2) is 0 Å². The Morgan fingerprint density at radius 2 is 1.73 bits per heavy atom. The molecule has 1 saturated carbocycles. The Labute approximate surface area is 221 Å². The molecule has 2 aromatic carbocycles. The van der Waals surface area contributed by atoms with Gasteiger partial charge in [0.2, 0.25) is 0 Å². The van der Waals surface area contributed by atoms with Gasteiger partial charge in [-0.25, -0.2) is 4.79 Å². The van der Waals surface area contributed by atoms with E-state index in [0.717, 1.165) is 67.5 Å². The van der Waals surface area contributed by atoms with Crippen LogP contribution in [-0.4, -0.2) is 36.3 Å². The molecule has 2 amide bonds. The summed E-state index contributed by atoms with van der Waals surface area (Å²) < 4.78 is 6.14. The Morgan fingerprint density at radius 3 is 2.43 bits per heavy atom. The summed E-state index contributed by atoms with van der Waals surface area (Å²) in [5.74, 6) is 1.17. The Bertz CT molecular complexity index is 1040. The van der Waals surface area contributed by atoms with Gasteiger partial charge in [-0.15, -0.1) is 0 Å². The topological polar surface area (TPSA) is 78.9 Å². The first-order valence-electron chi connectivity index (χ1n) is 14.1. The van der Waals surface area contributed by atoms with Crippen molar-refractivity contribution in [2.45, 2.75) is 90.1 Å². The van der Waals surface area contributed by atoms with E-state index in [1.165, 1.54) is 18.4 Å². The molecule has 0 radical (unpaired) electrons. The van der Waals surface area contributed by atoms with Crippen molar-refractivity contribution < 1.29 is 19.4 Å². The van der Waals surface area contributed by atoms with Crippen LogP contribution in [0.25, 0.3) is 11.1 Å². The summed E-state index contributed by atoms with van der Waals surface area (Å²) in [6.07, 6.45) is 10.0. The lowest BCUT2D eigenvalue weighted by Crippen LogP contribution is -2.47. The first-order chi connectivity index (χ1) is 17.9. The number of unbranched alkanes of at least 4 members (excludes halogenated alkanes) is 3. The number of urea groups is 1. The van der Waals surface area contributed by atoms with Crippen LogP contribution in [0, 0.1) is 5.92 Å². The molecule has 2 N–H and O–H groups in total. The largest absolute Gasteiger partial charge is 0.487 e. The van der Waals surface area contributed by atoms with E-state index in [4.69, 9.17) is 9.84 Å². The van der Waals surface area contributed by atoms with E-state index in [1.54, 1.807) is 0 Å². The van der Waals surface area contributed by atoms with Crippen LogP contribution >= 0.6 is 0 Å². The van der Waals surface area contributed by atoms with Crippen LogP contribution in [0.15, 0.2) is 42.5 Å². The van der Waals surface area contributed by atoms with Gasteiger partial charge >= 0.3 is 12.0 Å². The maximum atomic E-state index is 12.9. The van der Waals surface area contributed by atoms with Crippen molar-refractivity contribution in [2.75, 3.05) is 18.0 Å². The molecule has 1 heterocycles. The molecule has 0 bridgehead atoms. The lowest BCUT2D eigenvalue weighted by molar-refractivity contribution is -0.137. The Balaban J connectivity index is 1.38. The second-order valence-corrected chi connectivity index (χ2v) is 10.8. The number of amides is 2. The highest BCUT2D eigenvalue weighted by Gasteiger charge is 2.28. The number of nitrogens with one attached hydrogen (secondary N) is 1. The molecule has 1 fully saturated rings. The number of carboxylic acid groups (broad SMARTS) is 1. The van der Waals surface area contributed by atoms with E-state index in [9.17, 15) is 9.59 Å². The third-order valence-electron chi connectivity index (χ3n) is 7.90. The monoisotopic (exact) mass is 506 g/mol. The minimum absolute atomic E-state index is 0.0531. The number of fused-ring (bicyclic) bond motifs is 1. The van der Waals surface area contributed by atoms with E-state index in [2.05, 4.69) is 48.6 Å². The van der Waals surface area contributed by atoms with Crippen molar-refractivity contribution in [1.82, 2.24) is 5.32 Å². The summed E-state index contributed by atoms with van der Waals surface area (Å²) in [4.78, 5) is 25.6. The summed E-state index contributed by atoms with van der Waals surface area (Å²) in [5, 5.41) is 12.0. The highest BCUT2D eigenvalue weighted by atomic mass is 16.5. The average molecular weight is 507 g/mol. The van der Waals surface area contributed by atoms with Gasteiger partial charge in [-0.3, -0.25) is 9.69 Å². The molecular formula is C31H42N2O4. The van der Waals surface area contributed by atoms with Crippen LogP contribution in [0.2, 0.25) is 0 Å². The molecule has 6 heteroatoms. The minimum atomic E-state index is -0.687. The van der Waals surface area contributed by atoms with Crippen molar-refractivity contribution in [3.8, 4) is 16.9 Å². The highest BCUT2D eigenvalue weighted by Crippen LogP contribution is 2.40. The van der Waals surface area contributed by atoms with Crippen LogP contribution in [0.3, 0.4) is 0 Å². The number of anilines is 1. The minimum Gasteiger partial charge on any atom is -0.487 e. The molecule has 2 aliphatic rings. The molecule has 0 spiro atoms. The maximum Gasteiger partial charge on any atom is 0.322 e. The zero-order valence-electron chi connectivity index (χ0n) is 22.4. The SMILES string of the molecule is CCCCCCNC(=O)N1CC(C)Oc2cc(-c3ccc(C4CCC(CCC(=O)O)CC4)cc3)ccc21. The van der Waals surface area contributed by atoms with Crippen molar-refractivity contribution in [2.24, 2.45) is 5.92 Å². The summed E-state index contributed by atoms with van der Waals surface area (Å²) >= 11 is 0. The predicted molar refractivity (Wildman–Crippen MR) is 148 cm³/mol. The molecule has 1 aliphatic carbocycles. The molecular weight excluding hydrogens is 464 g/mol. The zero-order chi connectivity index (χ0) is 26.2. The van der Waals surface area contributed by atoms with Crippen LogP contribution in [0.4, 0.5) is 10.5 Å². The molecule has 6 nitrogen and oxygen atoms in total. The Morgan fingerprint density at radius 1 is 1.00 bits per heavy atom. The van der Waals surface area contributed by atoms with Crippen LogP contribution in [0.5, 0.6) is 5.75 Å². The van der Waals surface area contributed by atoms with Gasteiger partial charge in [0.05, 0.1) is 12.2 Å².